The Labute approximate surface area is 106 Å². The van der Waals surface area contributed by atoms with Crippen LogP contribution in [-0.2, 0) is 20.0 Å². The van der Waals surface area contributed by atoms with Crippen LogP contribution in [0.15, 0.2) is 12.7 Å². The van der Waals surface area contributed by atoms with Gasteiger partial charge in [0.15, 0.2) is 5.82 Å². The normalized spacial score (nSPS) is 10.4. The van der Waals surface area contributed by atoms with Gasteiger partial charge in [-0.15, -0.1) is 0 Å². The predicted octanol–water partition coefficient (Wildman–Crippen LogP) is 0.821. The third kappa shape index (κ3) is 2.55. The molecule has 0 fully saturated rings. The van der Waals surface area contributed by atoms with Gasteiger partial charge in [-0.2, -0.15) is 5.10 Å². The van der Waals surface area contributed by atoms with Crippen LogP contribution in [0.25, 0.3) is 0 Å². The Balaban J connectivity index is 2.13. The van der Waals surface area contributed by atoms with Gasteiger partial charge in [0.1, 0.15) is 24.3 Å². The number of hydrogen-bond donors (Lipinski definition) is 2. The highest BCUT2D eigenvalue weighted by Gasteiger charge is 2.09. The molecule has 0 aliphatic carbocycles. The summed E-state index contributed by atoms with van der Waals surface area (Å²) >= 11 is 0. The summed E-state index contributed by atoms with van der Waals surface area (Å²) in [4.78, 5) is 12.6. The van der Waals surface area contributed by atoms with Crippen LogP contribution >= 0.6 is 0 Å². The summed E-state index contributed by atoms with van der Waals surface area (Å²) in [6.07, 6.45) is 4.07. The zero-order valence-electron chi connectivity index (χ0n) is 10.8. The van der Waals surface area contributed by atoms with Gasteiger partial charge < -0.3 is 10.6 Å². The maximum absolute atomic E-state index is 4.26. The Hall–Kier alpha value is -2.18. The first kappa shape index (κ1) is 12.3. The fourth-order valence-electron chi connectivity index (χ4n) is 1.74. The van der Waals surface area contributed by atoms with E-state index in [2.05, 4.69) is 37.6 Å². The molecule has 0 aliphatic heterocycles. The molecule has 2 N–H and O–H groups in total. The summed E-state index contributed by atoms with van der Waals surface area (Å²) in [7, 11) is 3.70. The van der Waals surface area contributed by atoms with Gasteiger partial charge in [-0.1, -0.05) is 6.92 Å². The molecule has 0 unspecified atom stereocenters. The predicted molar refractivity (Wildman–Crippen MR) is 69.3 cm³/mol. The van der Waals surface area contributed by atoms with Crippen LogP contribution in [0.1, 0.15) is 18.3 Å². The second-order valence-corrected chi connectivity index (χ2v) is 3.84. The van der Waals surface area contributed by atoms with E-state index in [1.807, 2.05) is 14.1 Å². The summed E-state index contributed by atoms with van der Waals surface area (Å²) in [6, 6.07) is 0. The van der Waals surface area contributed by atoms with Gasteiger partial charge >= 0.3 is 0 Å². The number of hydrogen-bond acceptors (Lipinski definition) is 6. The first-order chi connectivity index (χ1) is 8.74. The first-order valence-corrected chi connectivity index (χ1v) is 5.84. The topological polar surface area (TPSA) is 80.5 Å². The van der Waals surface area contributed by atoms with E-state index in [1.54, 1.807) is 17.3 Å². The van der Waals surface area contributed by atoms with Crippen LogP contribution in [0, 0.1) is 0 Å². The van der Waals surface area contributed by atoms with Crippen molar-refractivity contribution in [2.75, 3.05) is 17.7 Å². The van der Waals surface area contributed by atoms with E-state index in [4.69, 9.17) is 0 Å². The molecule has 0 bridgehead atoms. The molecule has 7 heteroatoms. The Kier molecular flexibility index (Phi) is 3.71. The summed E-state index contributed by atoms with van der Waals surface area (Å²) < 4.78 is 1.68. The molecule has 0 saturated heterocycles. The molecular weight excluding hydrogens is 230 g/mol. The molecule has 2 aromatic heterocycles. The molecule has 0 amide bonds. The lowest BCUT2D eigenvalue weighted by Gasteiger charge is -2.11. The minimum atomic E-state index is 0.550. The second kappa shape index (κ2) is 5.44. The SMILES string of the molecule is CCc1c(NC)ncnc1NCc1ncn(C)n1. The lowest BCUT2D eigenvalue weighted by atomic mass is 10.2. The number of anilines is 2. The second-order valence-electron chi connectivity index (χ2n) is 3.84. The van der Waals surface area contributed by atoms with Crippen molar-refractivity contribution in [1.29, 1.82) is 0 Å². The van der Waals surface area contributed by atoms with E-state index in [9.17, 15) is 0 Å². The molecule has 7 nitrogen and oxygen atoms in total. The summed E-state index contributed by atoms with van der Waals surface area (Å²) in [5, 5.41) is 10.5. The monoisotopic (exact) mass is 247 g/mol. The van der Waals surface area contributed by atoms with Crippen LogP contribution in [0.2, 0.25) is 0 Å². The molecule has 2 heterocycles. The highest BCUT2D eigenvalue weighted by molar-refractivity contribution is 5.56. The van der Waals surface area contributed by atoms with Crippen molar-refractivity contribution in [2.45, 2.75) is 19.9 Å². The van der Waals surface area contributed by atoms with Gasteiger partial charge in [0.2, 0.25) is 0 Å². The highest BCUT2D eigenvalue weighted by atomic mass is 15.3. The lowest BCUT2D eigenvalue weighted by Crippen LogP contribution is -2.09. The molecule has 0 aromatic carbocycles. The molecule has 0 atom stereocenters. The van der Waals surface area contributed by atoms with Crippen LogP contribution in [0.4, 0.5) is 11.6 Å². The van der Waals surface area contributed by atoms with Crippen molar-refractivity contribution in [3.8, 4) is 0 Å². The van der Waals surface area contributed by atoms with E-state index >= 15 is 0 Å². The number of nitrogens with zero attached hydrogens (tertiary/aromatic N) is 5. The van der Waals surface area contributed by atoms with Crippen molar-refractivity contribution in [1.82, 2.24) is 24.7 Å². The smallest absolute Gasteiger partial charge is 0.169 e. The molecule has 18 heavy (non-hydrogen) atoms. The van der Waals surface area contributed by atoms with Crippen LogP contribution < -0.4 is 10.6 Å². The van der Waals surface area contributed by atoms with E-state index in [-0.39, 0.29) is 0 Å². The zero-order valence-corrected chi connectivity index (χ0v) is 10.8. The zero-order chi connectivity index (χ0) is 13.0. The molecule has 0 radical (unpaired) electrons. The molecule has 2 rings (SSSR count). The van der Waals surface area contributed by atoms with Gasteiger partial charge in [0.05, 0.1) is 6.54 Å². The highest BCUT2D eigenvalue weighted by Crippen LogP contribution is 2.19. The first-order valence-electron chi connectivity index (χ1n) is 5.84. The molecule has 2 aromatic rings. The molecule has 0 spiro atoms. The fraction of sp³-hybridized carbons (Fsp3) is 0.455. The lowest BCUT2D eigenvalue weighted by molar-refractivity contribution is 0.746. The fourth-order valence-corrected chi connectivity index (χ4v) is 1.74. The Bertz CT molecular complexity index is 520. The molecule has 96 valence electrons. The molecule has 0 aliphatic rings. The number of aryl methyl sites for hydroxylation is 1. The minimum Gasteiger partial charge on any atom is -0.373 e. The number of rotatable bonds is 5. The molecular formula is C11H17N7. The van der Waals surface area contributed by atoms with E-state index < -0.39 is 0 Å². The summed E-state index contributed by atoms with van der Waals surface area (Å²) in [5.74, 6) is 2.41. The quantitative estimate of drug-likeness (QED) is 0.814. The Morgan fingerprint density at radius 1 is 1.22 bits per heavy atom. The van der Waals surface area contributed by atoms with Gasteiger partial charge in [0, 0.05) is 19.7 Å². The minimum absolute atomic E-state index is 0.550. The van der Waals surface area contributed by atoms with E-state index in [0.717, 1.165) is 29.4 Å². The summed E-state index contributed by atoms with van der Waals surface area (Å²) in [5.41, 5.74) is 1.07. The van der Waals surface area contributed by atoms with Gasteiger partial charge in [-0.05, 0) is 6.42 Å². The van der Waals surface area contributed by atoms with Crippen LogP contribution in [0.3, 0.4) is 0 Å². The van der Waals surface area contributed by atoms with Crippen molar-refractivity contribution in [2.24, 2.45) is 7.05 Å². The average Bonchev–Trinajstić information content (AvgIpc) is 2.81. The Morgan fingerprint density at radius 2 is 2.00 bits per heavy atom. The van der Waals surface area contributed by atoms with Crippen molar-refractivity contribution in [3.05, 3.63) is 24.0 Å². The third-order valence-corrected chi connectivity index (χ3v) is 2.60. The van der Waals surface area contributed by atoms with Gasteiger partial charge in [-0.3, -0.25) is 4.68 Å². The van der Waals surface area contributed by atoms with Crippen molar-refractivity contribution < 1.29 is 0 Å². The van der Waals surface area contributed by atoms with Gasteiger partial charge in [-0.25, -0.2) is 15.0 Å². The van der Waals surface area contributed by atoms with Crippen LogP contribution in [0.5, 0.6) is 0 Å². The summed E-state index contributed by atoms with van der Waals surface area (Å²) in [6.45, 7) is 2.62. The third-order valence-electron chi connectivity index (χ3n) is 2.60. The van der Waals surface area contributed by atoms with E-state index in [0.29, 0.717) is 6.54 Å². The standard InChI is InChI=1S/C11H17N7/c1-4-8-10(12-2)14-6-15-11(8)13-5-9-16-7-18(3)17-9/h6-7H,4-5H2,1-3H3,(H2,12,13,14,15). The van der Waals surface area contributed by atoms with Gasteiger partial charge in [0.25, 0.3) is 0 Å². The largest absolute Gasteiger partial charge is 0.373 e. The van der Waals surface area contributed by atoms with Crippen LogP contribution in [-0.4, -0.2) is 31.8 Å². The number of nitrogens with one attached hydrogen (secondary N) is 2. The molecule has 0 saturated carbocycles. The van der Waals surface area contributed by atoms with Crippen molar-refractivity contribution in [3.63, 3.8) is 0 Å². The maximum Gasteiger partial charge on any atom is 0.169 e. The van der Waals surface area contributed by atoms with E-state index in [1.165, 1.54) is 0 Å². The Morgan fingerprint density at radius 3 is 2.61 bits per heavy atom. The maximum atomic E-state index is 4.26. The van der Waals surface area contributed by atoms with Crippen molar-refractivity contribution >= 4 is 11.6 Å². The number of aromatic nitrogens is 5. The average molecular weight is 247 g/mol.